The van der Waals surface area contributed by atoms with Gasteiger partial charge >= 0.3 is 5.69 Å². The molecule has 1 heterocycles. The van der Waals surface area contributed by atoms with Gasteiger partial charge in [-0.15, -0.1) is 0 Å². The molecule has 17 heavy (non-hydrogen) atoms. The standard InChI is InChI=1S/C11H13N3O2S/c1-16-9-4-2-8(3-5-9)6-7-14-10(15)12-13-11(14)17/h2-5H,6-7H2,1H3,(H,12,15)(H,13,17). The molecule has 2 rings (SSSR count). The van der Waals surface area contributed by atoms with Crippen LogP contribution in [-0.2, 0) is 13.0 Å². The molecule has 0 unspecified atom stereocenters. The molecule has 0 saturated carbocycles. The van der Waals surface area contributed by atoms with Gasteiger partial charge in [-0.2, -0.15) is 0 Å². The molecule has 0 amide bonds. The fourth-order valence-electron chi connectivity index (χ4n) is 1.57. The number of aromatic amines is 2. The molecule has 0 aliphatic rings. The molecule has 0 saturated heterocycles. The van der Waals surface area contributed by atoms with Gasteiger partial charge in [0.15, 0.2) is 4.77 Å². The number of hydrogen-bond acceptors (Lipinski definition) is 3. The first-order valence-corrected chi connectivity index (χ1v) is 5.62. The van der Waals surface area contributed by atoms with Crippen molar-refractivity contribution in [2.24, 2.45) is 0 Å². The number of rotatable bonds is 4. The van der Waals surface area contributed by atoms with Crippen molar-refractivity contribution in [3.8, 4) is 5.75 Å². The van der Waals surface area contributed by atoms with Crippen LogP contribution in [0.15, 0.2) is 29.1 Å². The molecule has 90 valence electrons. The van der Waals surface area contributed by atoms with Crippen LogP contribution in [0.2, 0.25) is 0 Å². The van der Waals surface area contributed by atoms with E-state index in [1.165, 1.54) is 4.57 Å². The molecule has 2 N–H and O–H groups in total. The minimum absolute atomic E-state index is 0.205. The normalized spacial score (nSPS) is 10.4. The molecular formula is C11H13N3O2S. The third-order valence-electron chi connectivity index (χ3n) is 2.55. The van der Waals surface area contributed by atoms with Crippen molar-refractivity contribution >= 4 is 12.2 Å². The van der Waals surface area contributed by atoms with Gasteiger partial charge in [0.25, 0.3) is 0 Å². The Balaban J connectivity index is 2.07. The van der Waals surface area contributed by atoms with Crippen LogP contribution in [0.4, 0.5) is 0 Å². The summed E-state index contributed by atoms with van der Waals surface area (Å²) in [7, 11) is 1.63. The van der Waals surface area contributed by atoms with Crippen molar-refractivity contribution in [3.05, 3.63) is 45.1 Å². The number of methoxy groups -OCH3 is 1. The lowest BCUT2D eigenvalue weighted by atomic mass is 10.1. The number of benzene rings is 1. The molecule has 5 nitrogen and oxygen atoms in total. The maximum absolute atomic E-state index is 11.4. The average molecular weight is 251 g/mol. The van der Waals surface area contributed by atoms with E-state index in [9.17, 15) is 4.79 Å². The number of H-pyrrole nitrogens is 2. The first kappa shape index (κ1) is 11.7. The van der Waals surface area contributed by atoms with E-state index in [0.29, 0.717) is 11.3 Å². The Bertz CT molecular complexity index is 567. The van der Waals surface area contributed by atoms with E-state index < -0.39 is 0 Å². The number of nitrogens with zero attached hydrogens (tertiary/aromatic N) is 1. The Morgan fingerprint density at radius 3 is 2.53 bits per heavy atom. The molecule has 0 aliphatic heterocycles. The molecule has 0 fully saturated rings. The topological polar surface area (TPSA) is 62.8 Å². The summed E-state index contributed by atoms with van der Waals surface area (Å²) in [6, 6.07) is 7.75. The summed E-state index contributed by atoms with van der Waals surface area (Å²) in [4.78, 5) is 11.4. The van der Waals surface area contributed by atoms with E-state index in [2.05, 4.69) is 10.2 Å². The largest absolute Gasteiger partial charge is 0.497 e. The first-order valence-electron chi connectivity index (χ1n) is 5.21. The maximum atomic E-state index is 11.4. The predicted octanol–water partition coefficient (Wildman–Crippen LogP) is 1.49. The summed E-state index contributed by atoms with van der Waals surface area (Å²) in [6.07, 6.45) is 0.749. The Morgan fingerprint density at radius 2 is 2.00 bits per heavy atom. The van der Waals surface area contributed by atoms with Crippen molar-refractivity contribution in [2.75, 3.05) is 7.11 Å². The van der Waals surface area contributed by atoms with Gasteiger partial charge in [0.1, 0.15) is 5.75 Å². The van der Waals surface area contributed by atoms with E-state index >= 15 is 0 Å². The van der Waals surface area contributed by atoms with Gasteiger partial charge in [0, 0.05) is 6.54 Å². The maximum Gasteiger partial charge on any atom is 0.342 e. The first-order chi connectivity index (χ1) is 8.20. The second-order valence-corrected chi connectivity index (χ2v) is 4.00. The van der Waals surface area contributed by atoms with Crippen molar-refractivity contribution in [2.45, 2.75) is 13.0 Å². The Morgan fingerprint density at radius 1 is 1.29 bits per heavy atom. The van der Waals surface area contributed by atoms with Gasteiger partial charge in [0.05, 0.1) is 7.11 Å². The number of nitrogens with one attached hydrogen (secondary N) is 2. The van der Waals surface area contributed by atoms with Crippen LogP contribution in [0.3, 0.4) is 0 Å². The highest BCUT2D eigenvalue weighted by molar-refractivity contribution is 7.71. The van der Waals surface area contributed by atoms with Crippen molar-refractivity contribution < 1.29 is 4.74 Å². The highest BCUT2D eigenvalue weighted by Crippen LogP contribution is 2.11. The molecule has 0 bridgehead atoms. The lowest BCUT2D eigenvalue weighted by Crippen LogP contribution is -2.18. The van der Waals surface area contributed by atoms with Crippen LogP contribution in [-0.4, -0.2) is 21.9 Å². The van der Waals surface area contributed by atoms with E-state index in [0.717, 1.165) is 17.7 Å². The van der Waals surface area contributed by atoms with Gasteiger partial charge in [0.2, 0.25) is 0 Å². The number of aryl methyl sites for hydroxylation is 1. The Kier molecular flexibility index (Phi) is 3.43. The van der Waals surface area contributed by atoms with Crippen molar-refractivity contribution in [1.29, 1.82) is 0 Å². The van der Waals surface area contributed by atoms with E-state index in [-0.39, 0.29) is 5.69 Å². The van der Waals surface area contributed by atoms with Gasteiger partial charge in [-0.25, -0.2) is 9.89 Å². The fourth-order valence-corrected chi connectivity index (χ4v) is 1.80. The number of ether oxygens (including phenoxy) is 1. The second kappa shape index (κ2) is 5.01. The fraction of sp³-hybridized carbons (Fsp3) is 0.273. The Hall–Kier alpha value is -1.82. The van der Waals surface area contributed by atoms with Crippen LogP contribution < -0.4 is 10.4 Å². The number of hydrogen-bond donors (Lipinski definition) is 2. The molecule has 0 aliphatic carbocycles. The number of aromatic nitrogens is 3. The smallest absolute Gasteiger partial charge is 0.342 e. The molecule has 1 aromatic heterocycles. The zero-order valence-electron chi connectivity index (χ0n) is 9.40. The van der Waals surface area contributed by atoms with Crippen LogP contribution in [0, 0.1) is 4.77 Å². The molecular weight excluding hydrogens is 238 g/mol. The van der Waals surface area contributed by atoms with E-state index in [1.54, 1.807) is 7.11 Å². The molecule has 0 radical (unpaired) electrons. The lowest BCUT2D eigenvalue weighted by Gasteiger charge is -2.03. The Labute approximate surface area is 103 Å². The van der Waals surface area contributed by atoms with Gasteiger partial charge in [-0.3, -0.25) is 9.67 Å². The molecule has 1 aromatic carbocycles. The third kappa shape index (κ3) is 2.65. The lowest BCUT2D eigenvalue weighted by molar-refractivity contribution is 0.414. The van der Waals surface area contributed by atoms with Crippen LogP contribution in [0.25, 0.3) is 0 Å². The summed E-state index contributed by atoms with van der Waals surface area (Å²) in [5.41, 5.74) is 0.928. The molecule has 0 atom stereocenters. The summed E-state index contributed by atoms with van der Waals surface area (Å²) < 4.78 is 7.00. The minimum atomic E-state index is -0.205. The second-order valence-electron chi connectivity index (χ2n) is 3.61. The van der Waals surface area contributed by atoms with Crippen LogP contribution >= 0.6 is 12.2 Å². The minimum Gasteiger partial charge on any atom is -0.497 e. The zero-order valence-corrected chi connectivity index (χ0v) is 10.2. The van der Waals surface area contributed by atoms with Gasteiger partial charge in [-0.05, 0) is 36.3 Å². The molecule has 0 spiro atoms. The highest BCUT2D eigenvalue weighted by atomic mass is 32.1. The summed E-state index contributed by atoms with van der Waals surface area (Å²) in [6.45, 7) is 0.560. The van der Waals surface area contributed by atoms with E-state index in [1.807, 2.05) is 24.3 Å². The van der Waals surface area contributed by atoms with Crippen LogP contribution in [0.1, 0.15) is 5.56 Å². The monoisotopic (exact) mass is 251 g/mol. The van der Waals surface area contributed by atoms with Gasteiger partial charge < -0.3 is 4.74 Å². The highest BCUT2D eigenvalue weighted by Gasteiger charge is 2.00. The molecule has 2 aromatic rings. The summed E-state index contributed by atoms with van der Waals surface area (Å²) in [5.74, 6) is 0.824. The summed E-state index contributed by atoms with van der Waals surface area (Å²) >= 11 is 4.98. The van der Waals surface area contributed by atoms with E-state index in [4.69, 9.17) is 17.0 Å². The quantitative estimate of drug-likeness (QED) is 0.809. The van der Waals surface area contributed by atoms with Crippen LogP contribution in [0.5, 0.6) is 5.75 Å². The van der Waals surface area contributed by atoms with Gasteiger partial charge in [-0.1, -0.05) is 12.1 Å². The van der Waals surface area contributed by atoms with Crippen molar-refractivity contribution in [1.82, 2.24) is 14.8 Å². The van der Waals surface area contributed by atoms with Crippen molar-refractivity contribution in [3.63, 3.8) is 0 Å². The third-order valence-corrected chi connectivity index (χ3v) is 2.87. The predicted molar refractivity (Wildman–Crippen MR) is 66.9 cm³/mol. The average Bonchev–Trinajstić information content (AvgIpc) is 2.67. The molecule has 6 heteroatoms. The SMILES string of the molecule is COc1ccc(CCn2c(=O)[nH][nH]c2=S)cc1. The summed E-state index contributed by atoms with van der Waals surface area (Å²) in [5, 5.41) is 5.06. The zero-order chi connectivity index (χ0) is 12.3.